The second-order valence-electron chi connectivity index (χ2n) is 7.41. The topological polar surface area (TPSA) is 76.2 Å². The molecule has 0 fully saturated rings. The molecule has 0 atom stereocenters. The zero-order valence-electron chi connectivity index (χ0n) is 17.4. The fourth-order valence-corrected chi connectivity index (χ4v) is 3.29. The van der Waals surface area contributed by atoms with Gasteiger partial charge in [-0.05, 0) is 41.3 Å². The van der Waals surface area contributed by atoms with E-state index in [9.17, 15) is 4.79 Å². The molecule has 0 aliphatic rings. The summed E-state index contributed by atoms with van der Waals surface area (Å²) in [4.78, 5) is 14.6. The molecule has 4 aromatic rings. The average molecular weight is 403 g/mol. The Balaban J connectivity index is 1.45. The second kappa shape index (κ2) is 8.41. The van der Waals surface area contributed by atoms with Crippen LogP contribution in [0.1, 0.15) is 18.4 Å². The molecule has 2 aromatic carbocycles. The van der Waals surface area contributed by atoms with Crippen LogP contribution >= 0.6 is 0 Å². The number of aromatic nitrogens is 3. The third kappa shape index (κ3) is 4.20. The summed E-state index contributed by atoms with van der Waals surface area (Å²) in [7, 11) is 4.01. The zero-order chi connectivity index (χ0) is 21.1. The third-order valence-corrected chi connectivity index (χ3v) is 5.05. The molecule has 0 radical (unpaired) electrons. The standard InChI is InChI=1S/C23H25N5O2/c1-4-22-25-26-23(30-22)18-8-7-17-11-12-28(20(17)13-18)15-21(29)24-14-16-5-9-19(10-6-16)27(2)3/h5-13H,4,14-15H2,1-3H3,(H,24,29). The van der Waals surface area contributed by atoms with Crippen molar-refractivity contribution in [3.63, 3.8) is 0 Å². The first-order valence-electron chi connectivity index (χ1n) is 9.98. The van der Waals surface area contributed by atoms with Crippen LogP contribution in [0.5, 0.6) is 0 Å². The predicted octanol–water partition coefficient (Wildman–Crippen LogP) is 3.64. The quantitative estimate of drug-likeness (QED) is 0.510. The maximum atomic E-state index is 12.5. The number of anilines is 1. The van der Waals surface area contributed by atoms with Gasteiger partial charge in [0, 0.05) is 50.0 Å². The minimum Gasteiger partial charge on any atom is -0.421 e. The van der Waals surface area contributed by atoms with E-state index >= 15 is 0 Å². The summed E-state index contributed by atoms with van der Waals surface area (Å²) in [5, 5.41) is 12.2. The van der Waals surface area contributed by atoms with Gasteiger partial charge in [-0.25, -0.2) is 0 Å². The van der Waals surface area contributed by atoms with E-state index in [1.807, 2.05) is 85.2 Å². The molecule has 30 heavy (non-hydrogen) atoms. The van der Waals surface area contributed by atoms with Crippen molar-refractivity contribution >= 4 is 22.5 Å². The van der Waals surface area contributed by atoms with Crippen LogP contribution in [0.3, 0.4) is 0 Å². The molecule has 0 unspecified atom stereocenters. The monoisotopic (exact) mass is 403 g/mol. The second-order valence-corrected chi connectivity index (χ2v) is 7.41. The Hall–Kier alpha value is -3.61. The molecule has 1 amide bonds. The van der Waals surface area contributed by atoms with Gasteiger partial charge in [-0.1, -0.05) is 25.1 Å². The van der Waals surface area contributed by atoms with Gasteiger partial charge >= 0.3 is 0 Å². The SMILES string of the molecule is CCc1nnc(-c2ccc3ccn(CC(=O)NCc4ccc(N(C)C)cc4)c3c2)o1. The summed E-state index contributed by atoms with van der Waals surface area (Å²) < 4.78 is 7.59. The van der Waals surface area contributed by atoms with Crippen molar-refractivity contribution in [1.82, 2.24) is 20.1 Å². The largest absolute Gasteiger partial charge is 0.421 e. The van der Waals surface area contributed by atoms with E-state index in [1.54, 1.807) is 0 Å². The van der Waals surface area contributed by atoms with Gasteiger partial charge in [-0.2, -0.15) is 0 Å². The van der Waals surface area contributed by atoms with E-state index < -0.39 is 0 Å². The Morgan fingerprint density at radius 2 is 1.90 bits per heavy atom. The molecule has 0 bridgehead atoms. The van der Waals surface area contributed by atoms with Crippen LogP contribution in [-0.4, -0.2) is 34.8 Å². The molecule has 0 aliphatic heterocycles. The number of hydrogen-bond donors (Lipinski definition) is 1. The summed E-state index contributed by atoms with van der Waals surface area (Å²) in [6.07, 6.45) is 2.62. The molecular weight excluding hydrogens is 378 g/mol. The van der Waals surface area contributed by atoms with Gasteiger partial charge in [0.15, 0.2) is 0 Å². The lowest BCUT2D eigenvalue weighted by atomic mass is 10.1. The number of rotatable bonds is 7. The lowest BCUT2D eigenvalue weighted by molar-refractivity contribution is -0.121. The van der Waals surface area contributed by atoms with Crippen molar-refractivity contribution in [3.8, 4) is 11.5 Å². The van der Waals surface area contributed by atoms with Gasteiger partial charge in [0.25, 0.3) is 0 Å². The highest BCUT2D eigenvalue weighted by molar-refractivity contribution is 5.86. The van der Waals surface area contributed by atoms with Gasteiger partial charge in [0.05, 0.1) is 0 Å². The van der Waals surface area contributed by atoms with Crippen molar-refractivity contribution in [3.05, 3.63) is 66.2 Å². The van der Waals surface area contributed by atoms with Crippen molar-refractivity contribution in [2.24, 2.45) is 0 Å². The molecule has 7 heteroatoms. The van der Waals surface area contributed by atoms with Crippen molar-refractivity contribution in [2.45, 2.75) is 26.4 Å². The van der Waals surface area contributed by atoms with E-state index in [0.29, 0.717) is 24.7 Å². The third-order valence-electron chi connectivity index (χ3n) is 5.05. The summed E-state index contributed by atoms with van der Waals surface area (Å²) in [5.74, 6) is 1.06. The molecular formula is C23H25N5O2. The van der Waals surface area contributed by atoms with Crippen LogP contribution in [0.15, 0.2) is 59.1 Å². The highest BCUT2D eigenvalue weighted by Crippen LogP contribution is 2.24. The van der Waals surface area contributed by atoms with Gasteiger partial charge in [-0.3, -0.25) is 4.79 Å². The Kier molecular flexibility index (Phi) is 5.52. The number of amides is 1. The van der Waals surface area contributed by atoms with Crippen LogP contribution in [0.4, 0.5) is 5.69 Å². The number of carbonyl (C=O) groups excluding carboxylic acids is 1. The fourth-order valence-electron chi connectivity index (χ4n) is 3.29. The number of nitrogens with one attached hydrogen (secondary N) is 1. The normalized spacial score (nSPS) is 11.0. The number of fused-ring (bicyclic) bond motifs is 1. The summed E-state index contributed by atoms with van der Waals surface area (Å²) in [6.45, 7) is 2.71. The van der Waals surface area contributed by atoms with Crippen LogP contribution in [0, 0.1) is 0 Å². The van der Waals surface area contributed by atoms with Crippen molar-refractivity contribution < 1.29 is 9.21 Å². The maximum Gasteiger partial charge on any atom is 0.247 e. The van der Waals surface area contributed by atoms with Crippen LogP contribution in [0.25, 0.3) is 22.4 Å². The summed E-state index contributed by atoms with van der Waals surface area (Å²) >= 11 is 0. The molecule has 1 N–H and O–H groups in total. The van der Waals surface area contributed by atoms with E-state index in [2.05, 4.69) is 15.5 Å². The highest BCUT2D eigenvalue weighted by Gasteiger charge is 2.11. The number of carbonyl (C=O) groups is 1. The molecule has 0 spiro atoms. The fraction of sp³-hybridized carbons (Fsp3) is 0.261. The number of benzene rings is 2. The molecule has 0 saturated carbocycles. The Morgan fingerprint density at radius 3 is 2.60 bits per heavy atom. The Morgan fingerprint density at radius 1 is 1.10 bits per heavy atom. The smallest absolute Gasteiger partial charge is 0.247 e. The molecule has 2 aromatic heterocycles. The highest BCUT2D eigenvalue weighted by atomic mass is 16.4. The van der Waals surface area contributed by atoms with E-state index in [4.69, 9.17) is 4.42 Å². The van der Waals surface area contributed by atoms with Gasteiger partial charge in [0.2, 0.25) is 17.7 Å². The number of aryl methyl sites for hydroxylation is 1. The van der Waals surface area contributed by atoms with Crippen LogP contribution in [0.2, 0.25) is 0 Å². The average Bonchev–Trinajstić information content (AvgIpc) is 3.39. The summed E-state index contributed by atoms with van der Waals surface area (Å²) in [5.41, 5.74) is 3.99. The van der Waals surface area contributed by atoms with Crippen LogP contribution in [-0.2, 0) is 24.3 Å². The predicted molar refractivity (Wildman–Crippen MR) is 117 cm³/mol. The minimum absolute atomic E-state index is 0.0411. The number of hydrogen-bond acceptors (Lipinski definition) is 5. The lowest BCUT2D eigenvalue weighted by Gasteiger charge is -2.13. The van der Waals surface area contributed by atoms with Crippen LogP contribution < -0.4 is 10.2 Å². The Labute approximate surface area is 175 Å². The van der Waals surface area contributed by atoms with Gasteiger partial charge in [0.1, 0.15) is 6.54 Å². The molecule has 0 saturated heterocycles. The first-order chi connectivity index (χ1) is 14.5. The van der Waals surface area contributed by atoms with E-state index in [0.717, 1.165) is 27.7 Å². The van der Waals surface area contributed by atoms with E-state index in [-0.39, 0.29) is 12.5 Å². The molecule has 0 aliphatic carbocycles. The van der Waals surface area contributed by atoms with Gasteiger partial charge in [-0.15, -0.1) is 10.2 Å². The summed E-state index contributed by atoms with van der Waals surface area (Å²) in [6, 6.07) is 16.1. The first-order valence-corrected chi connectivity index (χ1v) is 9.98. The Bertz CT molecular complexity index is 1160. The zero-order valence-corrected chi connectivity index (χ0v) is 17.4. The lowest BCUT2D eigenvalue weighted by Crippen LogP contribution is -2.26. The molecule has 2 heterocycles. The number of nitrogens with zero attached hydrogens (tertiary/aromatic N) is 4. The first kappa shape index (κ1) is 19.7. The maximum absolute atomic E-state index is 12.5. The minimum atomic E-state index is -0.0411. The molecule has 4 rings (SSSR count). The van der Waals surface area contributed by atoms with Crippen molar-refractivity contribution in [1.29, 1.82) is 0 Å². The van der Waals surface area contributed by atoms with E-state index in [1.165, 1.54) is 0 Å². The molecule has 7 nitrogen and oxygen atoms in total. The van der Waals surface area contributed by atoms with Gasteiger partial charge < -0.3 is 19.2 Å². The van der Waals surface area contributed by atoms with Crippen molar-refractivity contribution in [2.75, 3.05) is 19.0 Å². The molecule has 154 valence electrons.